The third kappa shape index (κ3) is 8.18. The molecule has 0 aliphatic carbocycles. The first-order chi connectivity index (χ1) is 9.49. The molecule has 1 aromatic carbocycles. The van der Waals surface area contributed by atoms with Gasteiger partial charge in [-0.25, -0.2) is 0 Å². The van der Waals surface area contributed by atoms with E-state index in [4.69, 9.17) is 5.11 Å². The molecule has 2 aromatic rings. The Kier molecular flexibility index (Phi) is 9.18. The summed E-state index contributed by atoms with van der Waals surface area (Å²) in [5.74, 6) is -0.0625. The number of hydrogen-bond donors (Lipinski definition) is 1. The number of carbonyl (C=O) groups excluding carboxylic acids is 1. The molecule has 0 spiro atoms. The van der Waals surface area contributed by atoms with Gasteiger partial charge in [0.15, 0.2) is 5.78 Å². The Morgan fingerprint density at radius 1 is 1.24 bits per heavy atom. The third-order valence-electron chi connectivity index (χ3n) is 2.32. The maximum Gasteiger partial charge on any atom is 0.155 e. The van der Waals surface area contributed by atoms with E-state index in [1.54, 1.807) is 6.20 Å². The van der Waals surface area contributed by atoms with Gasteiger partial charge in [0, 0.05) is 32.4 Å². The van der Waals surface area contributed by atoms with E-state index >= 15 is 0 Å². The second-order valence-corrected chi connectivity index (χ2v) is 4.39. The topological polar surface area (TPSA) is 50.2 Å². The first kappa shape index (κ1) is 19.2. The molecule has 3 nitrogen and oxygen atoms in total. The molecule has 1 aromatic heterocycles. The maximum atomic E-state index is 10.0. The summed E-state index contributed by atoms with van der Waals surface area (Å²) in [5.41, 5.74) is 3.24. The summed E-state index contributed by atoms with van der Waals surface area (Å²) >= 11 is 0. The molecule has 0 atom stereocenters. The number of nitrogens with zero attached hydrogens (tertiary/aromatic N) is 1. The summed E-state index contributed by atoms with van der Waals surface area (Å²) in [6, 6.07) is 15.2. The van der Waals surface area contributed by atoms with Gasteiger partial charge < -0.3 is 10.1 Å². The zero-order chi connectivity index (χ0) is 15.0. The fourth-order valence-electron chi connectivity index (χ4n) is 1.48. The summed E-state index contributed by atoms with van der Waals surface area (Å²) in [7, 11) is 0. The van der Waals surface area contributed by atoms with E-state index in [0.717, 1.165) is 11.3 Å². The van der Waals surface area contributed by atoms with Crippen molar-refractivity contribution in [3.8, 4) is 11.3 Å². The Hall–Kier alpha value is -1.77. The van der Waals surface area contributed by atoms with Crippen LogP contribution in [0, 0.1) is 13.0 Å². The normalized spacial score (nSPS) is 9.95. The Bertz CT molecular complexity index is 573. The predicted octanol–water partition coefficient (Wildman–Crippen LogP) is 3.89. The number of aliphatic hydroxyl groups is 1. The first-order valence-electron chi connectivity index (χ1n) is 6.26. The van der Waals surface area contributed by atoms with Crippen molar-refractivity contribution in [1.29, 1.82) is 0 Å². The zero-order valence-corrected chi connectivity index (χ0v) is 14.6. The van der Waals surface area contributed by atoms with Crippen LogP contribution < -0.4 is 0 Å². The summed E-state index contributed by atoms with van der Waals surface area (Å²) in [4.78, 5) is 14.3. The number of allylic oxidation sites excluding steroid dienone is 2. The number of hydrogen-bond acceptors (Lipinski definition) is 3. The maximum absolute atomic E-state index is 10.0. The molecule has 4 heteroatoms. The van der Waals surface area contributed by atoms with Crippen molar-refractivity contribution < 1.29 is 30.0 Å². The molecule has 0 aliphatic rings. The molecule has 0 fully saturated rings. The van der Waals surface area contributed by atoms with Crippen molar-refractivity contribution in [3.05, 3.63) is 66.1 Å². The van der Waals surface area contributed by atoms with Gasteiger partial charge in [-0.05, 0) is 25.6 Å². The standard InChI is InChI=1S/C12H10N.C5H8O2.Ir/c1-10-5-7-11(8-6-10)12-4-2-3-9-13-12;1-4(6)3-5(2)7;/h2-7,9H,1H3;3,6H,1-2H3;/q-1;;/b;4-3-;. The molecule has 0 saturated heterocycles. The Morgan fingerprint density at radius 3 is 2.33 bits per heavy atom. The average molecular weight is 461 g/mol. The van der Waals surface area contributed by atoms with Crippen LogP contribution in [0.5, 0.6) is 0 Å². The van der Waals surface area contributed by atoms with Crippen molar-refractivity contribution >= 4 is 5.78 Å². The van der Waals surface area contributed by atoms with Gasteiger partial charge in [0.1, 0.15) is 0 Å². The van der Waals surface area contributed by atoms with Crippen LogP contribution in [0.15, 0.2) is 54.4 Å². The van der Waals surface area contributed by atoms with Crippen molar-refractivity contribution in [2.75, 3.05) is 0 Å². The summed E-state index contributed by atoms with van der Waals surface area (Å²) in [6.07, 6.45) is 2.96. The number of carbonyl (C=O) groups is 1. The molecule has 1 N–H and O–H groups in total. The summed E-state index contributed by atoms with van der Waals surface area (Å²) in [6.45, 7) is 4.90. The van der Waals surface area contributed by atoms with E-state index in [9.17, 15) is 4.79 Å². The van der Waals surface area contributed by atoms with Gasteiger partial charge in [0.05, 0.1) is 5.76 Å². The van der Waals surface area contributed by atoms with Crippen molar-refractivity contribution in [3.63, 3.8) is 0 Å². The average Bonchev–Trinajstić information content (AvgIpc) is 2.40. The zero-order valence-electron chi connectivity index (χ0n) is 12.3. The smallest absolute Gasteiger partial charge is 0.155 e. The van der Waals surface area contributed by atoms with Crippen molar-refractivity contribution in [2.45, 2.75) is 20.8 Å². The molecular formula is C17H18IrNO2-. The quantitative estimate of drug-likeness (QED) is 0.420. The van der Waals surface area contributed by atoms with Crippen LogP contribution in [0.25, 0.3) is 11.3 Å². The minimum Gasteiger partial charge on any atom is -0.512 e. The predicted molar refractivity (Wildman–Crippen MR) is 80.3 cm³/mol. The molecule has 0 amide bonds. The van der Waals surface area contributed by atoms with Gasteiger partial charge >= 0.3 is 0 Å². The Labute approximate surface area is 139 Å². The molecule has 2 rings (SSSR count). The number of aliphatic hydroxyl groups excluding tert-OH is 1. The first-order valence-corrected chi connectivity index (χ1v) is 6.26. The Morgan fingerprint density at radius 2 is 1.95 bits per heavy atom. The number of ketones is 1. The van der Waals surface area contributed by atoms with Gasteiger partial charge in [-0.15, -0.1) is 35.4 Å². The van der Waals surface area contributed by atoms with Crippen LogP contribution in [-0.2, 0) is 24.9 Å². The van der Waals surface area contributed by atoms with E-state index < -0.39 is 0 Å². The van der Waals surface area contributed by atoms with E-state index in [1.165, 1.54) is 25.5 Å². The second-order valence-electron chi connectivity index (χ2n) is 4.39. The fraction of sp³-hybridized carbons (Fsp3) is 0.176. The van der Waals surface area contributed by atoms with Gasteiger partial charge in [0.25, 0.3) is 0 Å². The van der Waals surface area contributed by atoms with Crippen LogP contribution >= 0.6 is 0 Å². The molecule has 0 aliphatic heterocycles. The van der Waals surface area contributed by atoms with E-state index in [1.807, 2.05) is 30.3 Å². The van der Waals surface area contributed by atoms with Crippen LogP contribution in [0.3, 0.4) is 0 Å². The molecular weight excluding hydrogens is 442 g/mol. The largest absolute Gasteiger partial charge is 0.512 e. The number of aryl methyl sites for hydroxylation is 1. The van der Waals surface area contributed by atoms with Gasteiger partial charge in [-0.2, -0.15) is 0 Å². The van der Waals surface area contributed by atoms with Crippen molar-refractivity contribution in [2.24, 2.45) is 0 Å². The summed E-state index contributed by atoms with van der Waals surface area (Å²) < 4.78 is 0. The molecule has 21 heavy (non-hydrogen) atoms. The van der Waals surface area contributed by atoms with E-state index in [2.05, 4.69) is 24.0 Å². The van der Waals surface area contributed by atoms with Crippen LogP contribution in [0.2, 0.25) is 0 Å². The molecule has 1 radical (unpaired) electrons. The second kappa shape index (κ2) is 10.0. The molecule has 0 unspecified atom stereocenters. The molecule has 0 saturated carbocycles. The third-order valence-corrected chi connectivity index (χ3v) is 2.32. The molecule has 113 valence electrons. The Balaban J connectivity index is 0.000000436. The van der Waals surface area contributed by atoms with Gasteiger partial charge in [0.2, 0.25) is 0 Å². The van der Waals surface area contributed by atoms with Crippen LogP contribution in [-0.4, -0.2) is 15.9 Å². The van der Waals surface area contributed by atoms with E-state index in [-0.39, 0.29) is 31.6 Å². The van der Waals surface area contributed by atoms with Crippen LogP contribution in [0.4, 0.5) is 0 Å². The number of rotatable bonds is 2. The van der Waals surface area contributed by atoms with Gasteiger partial charge in [-0.3, -0.25) is 4.79 Å². The fourth-order valence-corrected chi connectivity index (χ4v) is 1.48. The molecule has 0 bridgehead atoms. The van der Waals surface area contributed by atoms with Crippen molar-refractivity contribution in [1.82, 2.24) is 4.98 Å². The molecule has 1 heterocycles. The van der Waals surface area contributed by atoms with E-state index in [0.29, 0.717) is 0 Å². The number of pyridine rings is 1. The SMILES string of the molecule is CC(=O)/C=C(/C)O.Cc1c[c-]c(-c2ccccn2)cc1.[Ir]. The van der Waals surface area contributed by atoms with Crippen LogP contribution in [0.1, 0.15) is 19.4 Å². The minimum atomic E-state index is -0.125. The minimum absolute atomic E-state index is 0. The monoisotopic (exact) mass is 461 g/mol. The number of aromatic nitrogens is 1. The van der Waals surface area contributed by atoms with Gasteiger partial charge in [-0.1, -0.05) is 19.1 Å². The number of benzene rings is 1. The summed E-state index contributed by atoms with van der Waals surface area (Å²) in [5, 5.41) is 8.36.